The lowest BCUT2D eigenvalue weighted by Gasteiger charge is -2.34. The predicted octanol–water partition coefficient (Wildman–Crippen LogP) is 9.30. The van der Waals surface area contributed by atoms with Crippen LogP contribution in [0.2, 0.25) is 25.7 Å². The van der Waals surface area contributed by atoms with Crippen LogP contribution in [0.5, 0.6) is 0 Å². The summed E-state index contributed by atoms with van der Waals surface area (Å²) in [5.41, 5.74) is 21.4. The Hall–Kier alpha value is -4.78. The van der Waals surface area contributed by atoms with Gasteiger partial charge in [0.25, 0.3) is 30.4 Å². The van der Waals surface area contributed by atoms with Crippen LogP contribution in [0.3, 0.4) is 0 Å². The number of benzene rings is 2. The molecule has 0 unspecified atom stereocenters. The number of hydrogen-bond donors (Lipinski definition) is 2. The third kappa shape index (κ3) is 14.2. The highest BCUT2D eigenvalue weighted by Crippen LogP contribution is 2.43. The van der Waals surface area contributed by atoms with Gasteiger partial charge in [-0.05, 0) is 209 Å². The molecule has 81 heavy (non-hydrogen) atoms. The van der Waals surface area contributed by atoms with E-state index in [0.717, 1.165) is 63.1 Å². The minimum absolute atomic E-state index is 0.0549. The van der Waals surface area contributed by atoms with Crippen LogP contribution in [-0.2, 0) is 63.6 Å². The van der Waals surface area contributed by atoms with E-state index >= 15 is 0 Å². The highest BCUT2D eigenvalue weighted by Gasteiger charge is 2.36. The zero-order valence-corrected chi connectivity index (χ0v) is 52.6. The summed E-state index contributed by atoms with van der Waals surface area (Å²) in [4.78, 5) is 22.0. The van der Waals surface area contributed by atoms with Gasteiger partial charge in [-0.25, -0.2) is 26.5 Å². The van der Waals surface area contributed by atoms with Crippen LogP contribution in [0.25, 0.3) is 22.3 Å². The standard InChI is InChI=1S/C27H34N6O2S.C17H18N2.C15H30BrN5O3SSi/c1-32(2)21-11-14-33(15-12-21)36(34,35)27-29-26(30-31-27)17-24-22-5-3-4-18(22)8-9-23(24)20-10-13-28-25(16-20)19-6-7-19;18-17-14-3-1-2-11(14)6-7-15(17)13-8-9-19-16(10-13)12-4-5-12;1-19(2)13-6-8-20(9-7-13)25(22,23)15-17-14(16)18-21(15)12-24-10-11-26(3,4)5/h8-10,13,16,19,21H,3-7,11-12,14-15,17H2,1-2H3,(H,29,30,31);6-10,12H,1-5,18H2;13H,6-12H2,1-5H3. The van der Waals surface area contributed by atoms with E-state index < -0.39 is 28.1 Å². The number of halogens is 1. The minimum atomic E-state index is -3.71. The summed E-state index contributed by atoms with van der Waals surface area (Å²) in [6.07, 6.45) is 19.5. The molecule has 0 atom stereocenters. The number of aromatic amines is 1. The highest BCUT2D eigenvalue weighted by atomic mass is 79.9. The molecular formula is C59H82BrN13O5S2Si. The molecule has 22 heteroatoms. The summed E-state index contributed by atoms with van der Waals surface area (Å²) in [6.45, 7) is 9.49. The number of anilines is 1. The van der Waals surface area contributed by atoms with E-state index in [4.69, 9.17) is 10.5 Å². The van der Waals surface area contributed by atoms with Gasteiger partial charge >= 0.3 is 0 Å². The van der Waals surface area contributed by atoms with E-state index in [2.05, 4.69) is 129 Å². The molecule has 2 saturated carbocycles. The molecule has 3 N–H and O–H groups in total. The number of piperidine rings is 2. The molecule has 0 bridgehead atoms. The first-order valence-corrected chi connectivity index (χ1v) is 36.5. The molecule has 436 valence electrons. The lowest BCUT2D eigenvalue weighted by molar-refractivity contribution is 0.0708. The van der Waals surface area contributed by atoms with Gasteiger partial charge in [0.1, 0.15) is 12.6 Å². The van der Waals surface area contributed by atoms with E-state index in [0.29, 0.717) is 69.0 Å². The predicted molar refractivity (Wildman–Crippen MR) is 324 cm³/mol. The van der Waals surface area contributed by atoms with E-state index in [1.165, 1.54) is 113 Å². The van der Waals surface area contributed by atoms with E-state index in [1.807, 2.05) is 40.6 Å². The van der Waals surface area contributed by atoms with Gasteiger partial charge in [-0.2, -0.15) is 13.6 Å². The van der Waals surface area contributed by atoms with Gasteiger partial charge in [0.05, 0.1) is 0 Å². The number of nitrogen functional groups attached to an aromatic ring is 1. The normalized spacial score (nSPS) is 18.4. The molecule has 6 aromatic rings. The maximum atomic E-state index is 13.3. The molecule has 4 aromatic heterocycles. The molecule has 6 aliphatic rings. The Morgan fingerprint density at radius 1 is 0.691 bits per heavy atom. The van der Waals surface area contributed by atoms with Gasteiger partial charge in [0.2, 0.25) is 4.73 Å². The Bertz CT molecular complexity index is 3400. The Morgan fingerprint density at radius 3 is 1.78 bits per heavy atom. The van der Waals surface area contributed by atoms with Crippen molar-refractivity contribution in [2.75, 3.05) is 66.7 Å². The van der Waals surface area contributed by atoms with Crippen molar-refractivity contribution in [2.24, 2.45) is 0 Å². The van der Waals surface area contributed by atoms with Gasteiger partial charge in [0, 0.05) is 106 Å². The molecule has 12 rings (SSSR count). The Balaban J connectivity index is 0.000000144. The first kappa shape index (κ1) is 59.4. The number of aryl methyl sites for hydroxylation is 2. The summed E-state index contributed by atoms with van der Waals surface area (Å²) in [7, 11) is -0.441. The fraction of sp³-hybridized carbons (Fsp3) is 0.559. The minimum Gasteiger partial charge on any atom is -0.398 e. The quantitative estimate of drug-likeness (QED) is 0.0495. The maximum absolute atomic E-state index is 13.3. The van der Waals surface area contributed by atoms with E-state index in [-0.39, 0.29) is 21.8 Å². The number of ether oxygens (including phenoxy) is 1. The van der Waals surface area contributed by atoms with Crippen LogP contribution in [0.15, 0.2) is 76.0 Å². The topological polar surface area (TPSA) is 215 Å². The zero-order chi connectivity index (χ0) is 57.2. The third-order valence-electron chi connectivity index (χ3n) is 17.0. The molecule has 0 amide bonds. The molecule has 2 saturated heterocycles. The molecule has 2 aliphatic heterocycles. The monoisotopic (exact) mass is 1220 g/mol. The van der Waals surface area contributed by atoms with Crippen LogP contribution in [0, 0.1) is 0 Å². The fourth-order valence-electron chi connectivity index (χ4n) is 11.8. The van der Waals surface area contributed by atoms with Crippen molar-refractivity contribution in [3.8, 4) is 22.3 Å². The molecule has 4 fully saturated rings. The fourth-order valence-corrected chi connectivity index (χ4v) is 15.8. The number of nitrogens with two attached hydrogens (primary N) is 1. The van der Waals surface area contributed by atoms with Crippen molar-refractivity contribution in [3.05, 3.63) is 111 Å². The number of sulfonamides is 2. The second-order valence-corrected chi connectivity index (χ2v) is 34.5. The lowest BCUT2D eigenvalue weighted by atomic mass is 9.91. The van der Waals surface area contributed by atoms with Gasteiger partial charge in [-0.15, -0.1) is 10.2 Å². The third-order valence-corrected chi connectivity index (χ3v) is 22.6. The smallest absolute Gasteiger partial charge is 0.282 e. The number of hydrogen-bond acceptors (Lipinski definition) is 14. The number of aromatic nitrogens is 8. The largest absolute Gasteiger partial charge is 0.398 e. The Morgan fingerprint density at radius 2 is 1.22 bits per heavy atom. The number of nitrogens with zero attached hydrogens (tertiary/aromatic N) is 11. The van der Waals surface area contributed by atoms with Crippen LogP contribution in [0.4, 0.5) is 5.69 Å². The van der Waals surface area contributed by atoms with Crippen LogP contribution < -0.4 is 5.73 Å². The molecule has 6 heterocycles. The average Bonchev–Trinajstić information content (AvgIpc) is 4.37. The van der Waals surface area contributed by atoms with Crippen molar-refractivity contribution >= 4 is 49.7 Å². The molecular weight excluding hydrogens is 1140 g/mol. The van der Waals surface area contributed by atoms with Crippen LogP contribution >= 0.6 is 15.9 Å². The summed E-state index contributed by atoms with van der Waals surface area (Å²) in [5.74, 6) is 1.87. The summed E-state index contributed by atoms with van der Waals surface area (Å²) in [6, 6.07) is 19.4. The number of H-pyrrole nitrogens is 1. The molecule has 2 aromatic carbocycles. The summed E-state index contributed by atoms with van der Waals surface area (Å²) >= 11 is 3.19. The molecule has 4 aliphatic carbocycles. The van der Waals surface area contributed by atoms with Gasteiger partial charge in [0.15, 0.2) is 0 Å². The zero-order valence-electron chi connectivity index (χ0n) is 48.4. The maximum Gasteiger partial charge on any atom is 0.282 e. The second-order valence-electron chi connectivity index (χ2n) is 24.5. The number of pyridine rings is 2. The van der Waals surface area contributed by atoms with E-state index in [9.17, 15) is 16.8 Å². The second kappa shape index (κ2) is 25.2. The van der Waals surface area contributed by atoms with Gasteiger partial charge in [-0.1, -0.05) is 43.9 Å². The SMILES string of the molecule is CN(C)C1CCN(S(=O)(=O)c2n[nH]c(Cc3c(-c4ccnc(C5CC5)c4)ccc4c3CCC4)n2)CC1.CN(C)C1CCN(S(=O)(=O)c2nc(Br)nn2COCC[Si](C)(C)C)CC1.Nc1c(-c2ccnc(C3CC3)c2)ccc2c1CCC2. The van der Waals surface area contributed by atoms with Crippen molar-refractivity contribution in [2.45, 2.75) is 163 Å². The average molecular weight is 1230 g/mol. The Kier molecular flexibility index (Phi) is 18.5. The van der Waals surface area contributed by atoms with E-state index in [1.54, 1.807) is 0 Å². The van der Waals surface area contributed by atoms with Crippen molar-refractivity contribution in [3.63, 3.8) is 0 Å². The first-order chi connectivity index (χ1) is 38.7. The molecule has 0 spiro atoms. The summed E-state index contributed by atoms with van der Waals surface area (Å²) < 4.78 is 62.9. The highest BCUT2D eigenvalue weighted by molar-refractivity contribution is 9.10. The molecule has 18 nitrogen and oxygen atoms in total. The number of nitrogens with one attached hydrogen (secondary N) is 1. The van der Waals surface area contributed by atoms with Gasteiger partial charge in [-0.3, -0.25) is 15.1 Å². The first-order valence-electron chi connectivity index (χ1n) is 29.1. The van der Waals surface area contributed by atoms with Gasteiger partial charge < -0.3 is 20.3 Å². The number of fused-ring (bicyclic) bond motifs is 2. The number of rotatable bonds is 17. The van der Waals surface area contributed by atoms with Crippen molar-refractivity contribution in [1.29, 1.82) is 0 Å². The van der Waals surface area contributed by atoms with Crippen molar-refractivity contribution < 1.29 is 21.6 Å². The Labute approximate surface area is 489 Å². The molecule has 0 radical (unpaired) electrons. The lowest BCUT2D eigenvalue weighted by Crippen LogP contribution is -2.45. The summed E-state index contributed by atoms with van der Waals surface area (Å²) in [5, 5.41) is 11.1. The van der Waals surface area contributed by atoms with Crippen molar-refractivity contribution in [1.82, 2.24) is 58.3 Å². The van der Waals surface area contributed by atoms with Crippen LogP contribution in [0.1, 0.15) is 121 Å². The van der Waals surface area contributed by atoms with Crippen LogP contribution in [-0.4, -0.2) is 156 Å².